The lowest BCUT2D eigenvalue weighted by Gasteiger charge is -2.08. The van der Waals surface area contributed by atoms with Gasteiger partial charge in [-0.1, -0.05) is 24.3 Å². The van der Waals surface area contributed by atoms with Crippen LogP contribution in [-0.2, 0) is 13.6 Å². The van der Waals surface area contributed by atoms with Crippen molar-refractivity contribution in [2.24, 2.45) is 7.05 Å². The van der Waals surface area contributed by atoms with Crippen LogP contribution < -0.4 is 11.3 Å². The fourth-order valence-corrected chi connectivity index (χ4v) is 5.06. The van der Waals surface area contributed by atoms with E-state index in [1.165, 1.54) is 0 Å². The number of nitriles is 1. The molecule has 4 N–H and O–H groups in total. The Morgan fingerprint density at radius 1 is 1.20 bits per heavy atom. The SMILES string of the molecule is Cn1ncc(-c2ccc3c(=O)[nH]nc(C[NH3+])c3c2)c1-c1sc2ccccc2c1C#N. The summed E-state index contributed by atoms with van der Waals surface area (Å²) < 4.78 is 2.86. The number of hydrogen-bond donors (Lipinski definition) is 2. The van der Waals surface area contributed by atoms with Crippen LogP contribution in [0.3, 0.4) is 0 Å². The van der Waals surface area contributed by atoms with Gasteiger partial charge in [-0.05, 0) is 23.8 Å². The van der Waals surface area contributed by atoms with Crippen LogP contribution in [0.4, 0.5) is 0 Å². The molecule has 3 aromatic heterocycles. The lowest BCUT2D eigenvalue weighted by molar-refractivity contribution is -0.387. The van der Waals surface area contributed by atoms with Crippen molar-refractivity contribution in [3.05, 3.63) is 70.3 Å². The number of hydrogen-bond acceptors (Lipinski definition) is 5. The summed E-state index contributed by atoms with van der Waals surface area (Å²) in [7, 11) is 1.87. The van der Waals surface area contributed by atoms with E-state index in [1.807, 2.05) is 43.4 Å². The first-order valence-corrected chi connectivity index (χ1v) is 10.2. The maximum atomic E-state index is 12.2. The molecule has 30 heavy (non-hydrogen) atoms. The van der Waals surface area contributed by atoms with Crippen LogP contribution in [-0.4, -0.2) is 20.0 Å². The minimum atomic E-state index is -0.226. The van der Waals surface area contributed by atoms with Crippen molar-refractivity contribution < 1.29 is 5.73 Å². The molecule has 146 valence electrons. The number of aryl methyl sites for hydroxylation is 1. The van der Waals surface area contributed by atoms with E-state index >= 15 is 0 Å². The van der Waals surface area contributed by atoms with Gasteiger partial charge in [0.25, 0.3) is 5.56 Å². The highest BCUT2D eigenvalue weighted by molar-refractivity contribution is 7.22. The molecule has 0 unspecified atom stereocenters. The van der Waals surface area contributed by atoms with E-state index in [0.29, 0.717) is 17.5 Å². The summed E-state index contributed by atoms with van der Waals surface area (Å²) in [4.78, 5) is 13.1. The maximum Gasteiger partial charge on any atom is 0.272 e. The van der Waals surface area contributed by atoms with Gasteiger partial charge in [0, 0.05) is 28.1 Å². The fourth-order valence-electron chi connectivity index (χ4n) is 3.82. The zero-order chi connectivity index (χ0) is 20.8. The van der Waals surface area contributed by atoms with Gasteiger partial charge in [0.2, 0.25) is 0 Å². The van der Waals surface area contributed by atoms with Crippen LogP contribution in [0, 0.1) is 11.3 Å². The molecule has 0 saturated heterocycles. The Hall–Kier alpha value is -3.80. The first-order valence-electron chi connectivity index (χ1n) is 9.37. The highest BCUT2D eigenvalue weighted by Gasteiger charge is 2.21. The zero-order valence-corrected chi connectivity index (χ0v) is 17.0. The summed E-state index contributed by atoms with van der Waals surface area (Å²) in [6, 6.07) is 16.0. The monoisotopic (exact) mass is 413 g/mol. The Morgan fingerprint density at radius 3 is 2.83 bits per heavy atom. The Kier molecular flexibility index (Phi) is 4.20. The average Bonchev–Trinajstić information content (AvgIpc) is 3.33. The number of aromatic nitrogens is 4. The van der Waals surface area contributed by atoms with E-state index in [0.717, 1.165) is 42.9 Å². The van der Waals surface area contributed by atoms with Gasteiger partial charge in [-0.3, -0.25) is 9.48 Å². The smallest absolute Gasteiger partial charge is 0.272 e. The highest BCUT2D eigenvalue weighted by Crippen LogP contribution is 2.42. The Bertz CT molecular complexity index is 1540. The van der Waals surface area contributed by atoms with E-state index in [-0.39, 0.29) is 5.56 Å². The minimum absolute atomic E-state index is 0.226. The number of quaternary nitrogens is 1. The van der Waals surface area contributed by atoms with Gasteiger partial charge < -0.3 is 5.73 Å². The van der Waals surface area contributed by atoms with Gasteiger partial charge in [0.05, 0.1) is 27.7 Å². The Labute approximate surface area is 175 Å². The van der Waals surface area contributed by atoms with E-state index in [4.69, 9.17) is 0 Å². The molecule has 8 heteroatoms. The number of benzene rings is 2. The Balaban J connectivity index is 1.79. The quantitative estimate of drug-likeness (QED) is 0.473. The molecule has 5 rings (SSSR count). The van der Waals surface area contributed by atoms with Crippen LogP contribution in [0.25, 0.3) is 42.6 Å². The second kappa shape index (κ2) is 6.91. The second-order valence-electron chi connectivity index (χ2n) is 6.95. The molecule has 0 saturated carbocycles. The predicted octanol–water partition coefficient (Wildman–Crippen LogP) is 2.82. The van der Waals surface area contributed by atoms with Crippen LogP contribution in [0.15, 0.2) is 53.5 Å². The van der Waals surface area contributed by atoms with Gasteiger partial charge in [0.15, 0.2) is 0 Å². The number of aromatic amines is 1. The molecule has 0 atom stereocenters. The number of fused-ring (bicyclic) bond motifs is 2. The van der Waals surface area contributed by atoms with Gasteiger partial charge in [-0.2, -0.15) is 15.5 Å². The third-order valence-corrected chi connectivity index (χ3v) is 6.45. The average molecular weight is 413 g/mol. The lowest BCUT2D eigenvalue weighted by atomic mass is 9.99. The minimum Gasteiger partial charge on any atom is -0.352 e. The van der Waals surface area contributed by atoms with Crippen LogP contribution in [0.1, 0.15) is 11.3 Å². The molecule has 0 aliphatic carbocycles. The number of nitrogens with one attached hydrogen (secondary N) is 1. The molecule has 0 aliphatic rings. The van der Waals surface area contributed by atoms with E-state index in [1.54, 1.807) is 28.3 Å². The van der Waals surface area contributed by atoms with E-state index < -0.39 is 0 Å². The number of H-pyrrole nitrogens is 1. The summed E-state index contributed by atoms with van der Waals surface area (Å²) in [5.41, 5.74) is 7.76. The van der Waals surface area contributed by atoms with Crippen molar-refractivity contribution in [1.29, 1.82) is 5.26 Å². The largest absolute Gasteiger partial charge is 0.352 e. The number of thiophene rings is 1. The van der Waals surface area contributed by atoms with Gasteiger partial charge >= 0.3 is 0 Å². The predicted molar refractivity (Wildman–Crippen MR) is 117 cm³/mol. The standard InChI is InChI=1S/C22H16N6OS/c1-28-20(21-16(9-23)13-4-2-3-5-19(13)30-21)17(11-25-28)12-6-7-14-15(8-12)18(10-24)26-27-22(14)29/h2-8,11H,10,24H2,1H3,(H,27,29)/p+1. The summed E-state index contributed by atoms with van der Waals surface area (Å²) in [6.45, 7) is 0.464. The van der Waals surface area contributed by atoms with Gasteiger partial charge in [-0.25, -0.2) is 5.10 Å². The molecule has 0 bridgehead atoms. The molecule has 0 aliphatic heterocycles. The first-order chi connectivity index (χ1) is 14.6. The highest BCUT2D eigenvalue weighted by atomic mass is 32.1. The molecule has 0 fully saturated rings. The van der Waals surface area contributed by atoms with Crippen molar-refractivity contribution >= 4 is 32.2 Å². The molecule has 5 aromatic rings. The normalized spacial score (nSPS) is 11.2. The number of nitrogens with zero attached hydrogens (tertiary/aromatic N) is 4. The number of rotatable bonds is 3. The van der Waals surface area contributed by atoms with Crippen LogP contribution in [0.2, 0.25) is 0 Å². The van der Waals surface area contributed by atoms with E-state index in [2.05, 4.69) is 27.1 Å². The summed E-state index contributed by atoms with van der Waals surface area (Å²) in [6.07, 6.45) is 1.80. The van der Waals surface area contributed by atoms with E-state index in [9.17, 15) is 10.1 Å². The molecule has 0 radical (unpaired) electrons. The second-order valence-corrected chi connectivity index (χ2v) is 8.01. The van der Waals surface area contributed by atoms with Crippen LogP contribution >= 0.6 is 11.3 Å². The van der Waals surface area contributed by atoms with Gasteiger partial charge in [-0.15, -0.1) is 11.3 Å². The molecular weight excluding hydrogens is 396 g/mol. The molecule has 2 aromatic carbocycles. The summed E-state index contributed by atoms with van der Waals surface area (Å²) >= 11 is 1.58. The van der Waals surface area contributed by atoms with Crippen molar-refractivity contribution in [3.63, 3.8) is 0 Å². The third-order valence-electron chi connectivity index (χ3n) is 5.28. The van der Waals surface area contributed by atoms with Crippen molar-refractivity contribution in [3.8, 4) is 27.8 Å². The third kappa shape index (κ3) is 2.64. The summed E-state index contributed by atoms with van der Waals surface area (Å²) in [5, 5.41) is 23.3. The van der Waals surface area contributed by atoms with Crippen molar-refractivity contribution in [1.82, 2.24) is 20.0 Å². The first kappa shape index (κ1) is 18.2. The maximum absolute atomic E-state index is 12.2. The molecule has 3 heterocycles. The molecule has 7 nitrogen and oxygen atoms in total. The molecule has 0 amide bonds. The van der Waals surface area contributed by atoms with Crippen molar-refractivity contribution in [2.45, 2.75) is 6.54 Å². The zero-order valence-electron chi connectivity index (χ0n) is 16.1. The van der Waals surface area contributed by atoms with Gasteiger partial charge in [0.1, 0.15) is 18.3 Å². The summed E-state index contributed by atoms with van der Waals surface area (Å²) in [5.74, 6) is 0. The van der Waals surface area contributed by atoms with Crippen LogP contribution in [0.5, 0.6) is 0 Å². The van der Waals surface area contributed by atoms with Crippen molar-refractivity contribution in [2.75, 3.05) is 0 Å². The fraction of sp³-hybridized carbons (Fsp3) is 0.0909. The Morgan fingerprint density at radius 2 is 2.03 bits per heavy atom. The molecule has 0 spiro atoms. The topological polar surface area (TPSA) is 115 Å². The lowest BCUT2D eigenvalue weighted by Crippen LogP contribution is -2.48. The molecular formula is C22H17N6OS+.